The highest BCUT2D eigenvalue weighted by Crippen LogP contribution is 2.20. The first-order chi connectivity index (χ1) is 6.29. The van der Waals surface area contributed by atoms with Crippen molar-refractivity contribution in [3.8, 4) is 0 Å². The molecular weight excluding hydrogens is 172 g/mol. The number of ether oxygens (including phenoxy) is 1. The zero-order chi connectivity index (χ0) is 9.26. The third-order valence-corrected chi connectivity index (χ3v) is 2.08. The van der Waals surface area contributed by atoms with Gasteiger partial charge >= 0.3 is 5.97 Å². The maximum absolute atomic E-state index is 10.8. The van der Waals surface area contributed by atoms with Gasteiger partial charge < -0.3 is 9.84 Å². The van der Waals surface area contributed by atoms with Gasteiger partial charge in [0.1, 0.15) is 5.92 Å². The summed E-state index contributed by atoms with van der Waals surface area (Å²) in [7, 11) is 0. The Morgan fingerprint density at radius 3 is 3.23 bits per heavy atom. The third kappa shape index (κ3) is 1.38. The van der Waals surface area contributed by atoms with Crippen LogP contribution in [0.2, 0.25) is 0 Å². The van der Waals surface area contributed by atoms with Gasteiger partial charge in [-0.2, -0.15) is 0 Å². The average molecular weight is 182 g/mol. The molecule has 0 bridgehead atoms. The van der Waals surface area contributed by atoms with Crippen molar-refractivity contribution in [1.29, 1.82) is 0 Å². The molecule has 0 saturated carbocycles. The molecule has 0 aromatic rings. The van der Waals surface area contributed by atoms with Crippen LogP contribution in [0.15, 0.2) is 24.6 Å². The Hall–Kier alpha value is -1.49. The number of hydrogen-bond acceptors (Lipinski definition) is 4. The Morgan fingerprint density at radius 1 is 1.62 bits per heavy atom. The molecule has 5 nitrogen and oxygen atoms in total. The summed E-state index contributed by atoms with van der Waals surface area (Å²) in [6.45, 7) is 0.401. The molecule has 0 spiro atoms. The van der Waals surface area contributed by atoms with Gasteiger partial charge in [0, 0.05) is 12.7 Å². The maximum atomic E-state index is 10.8. The minimum absolute atomic E-state index is 0.401. The third-order valence-electron chi connectivity index (χ3n) is 2.08. The first-order valence-corrected chi connectivity index (χ1v) is 4.02. The number of nitrogens with zero attached hydrogens (tertiary/aromatic N) is 1. The van der Waals surface area contributed by atoms with Crippen LogP contribution >= 0.6 is 0 Å². The lowest BCUT2D eigenvalue weighted by Gasteiger charge is -2.21. The van der Waals surface area contributed by atoms with Crippen LogP contribution in [0.5, 0.6) is 0 Å². The minimum Gasteiger partial charge on any atom is -0.481 e. The van der Waals surface area contributed by atoms with Crippen LogP contribution in [0.3, 0.4) is 0 Å². The normalized spacial score (nSPS) is 30.9. The van der Waals surface area contributed by atoms with Crippen molar-refractivity contribution in [2.24, 2.45) is 5.92 Å². The van der Waals surface area contributed by atoms with Crippen molar-refractivity contribution in [3.63, 3.8) is 0 Å². The fourth-order valence-corrected chi connectivity index (χ4v) is 1.41. The summed E-state index contributed by atoms with van der Waals surface area (Å²) in [4.78, 5) is 10.8. The lowest BCUT2D eigenvalue weighted by molar-refractivity contribution is -0.146. The number of carboxylic acids is 1. The van der Waals surface area contributed by atoms with Crippen LogP contribution in [-0.4, -0.2) is 28.9 Å². The van der Waals surface area contributed by atoms with E-state index in [9.17, 15) is 4.79 Å². The van der Waals surface area contributed by atoms with Crippen LogP contribution in [-0.2, 0) is 9.53 Å². The number of fused-ring (bicyclic) bond motifs is 1. The van der Waals surface area contributed by atoms with Crippen molar-refractivity contribution in [3.05, 3.63) is 24.6 Å². The fraction of sp³-hybridized carbons (Fsp3) is 0.375. The Kier molecular flexibility index (Phi) is 1.94. The van der Waals surface area contributed by atoms with E-state index in [1.807, 2.05) is 0 Å². The predicted octanol–water partition coefficient (Wildman–Crippen LogP) is -0.109. The molecule has 2 aliphatic heterocycles. The zero-order valence-corrected chi connectivity index (χ0v) is 6.88. The van der Waals surface area contributed by atoms with Crippen molar-refractivity contribution >= 4 is 5.97 Å². The van der Waals surface area contributed by atoms with Gasteiger partial charge in [0.05, 0.1) is 6.26 Å². The highest BCUT2D eigenvalue weighted by atomic mass is 16.5. The predicted molar refractivity (Wildman–Crippen MR) is 44.1 cm³/mol. The largest absolute Gasteiger partial charge is 0.481 e. The number of allylic oxidation sites excluding steroid dienone is 2. The Labute approximate surface area is 75.3 Å². The molecule has 2 atom stereocenters. The Bertz CT molecular complexity index is 275. The maximum Gasteiger partial charge on any atom is 0.313 e. The monoisotopic (exact) mass is 182 g/mol. The number of carbonyl (C=O) groups is 1. The van der Waals surface area contributed by atoms with E-state index in [0.717, 1.165) is 0 Å². The van der Waals surface area contributed by atoms with Crippen LogP contribution in [0.4, 0.5) is 0 Å². The first-order valence-electron chi connectivity index (χ1n) is 4.02. The molecule has 5 heteroatoms. The number of nitrogens with one attached hydrogen (secondary N) is 1. The van der Waals surface area contributed by atoms with E-state index in [4.69, 9.17) is 9.84 Å². The first kappa shape index (κ1) is 8.12. The van der Waals surface area contributed by atoms with E-state index in [1.54, 1.807) is 23.4 Å². The van der Waals surface area contributed by atoms with Crippen molar-refractivity contribution in [1.82, 2.24) is 10.4 Å². The minimum atomic E-state index is -0.844. The second-order valence-electron chi connectivity index (χ2n) is 2.91. The lowest BCUT2D eigenvalue weighted by atomic mass is 10.1. The summed E-state index contributed by atoms with van der Waals surface area (Å²) in [5.41, 5.74) is 2.93. The molecule has 2 aliphatic rings. The molecule has 0 radical (unpaired) electrons. The second-order valence-corrected chi connectivity index (χ2v) is 2.91. The van der Waals surface area contributed by atoms with E-state index in [0.29, 0.717) is 6.54 Å². The summed E-state index contributed by atoms with van der Waals surface area (Å²) >= 11 is 0. The number of aliphatic carboxylic acids is 1. The standard InChI is InChI=1S/C8H10N2O3/c11-8(12)6-5-9-10-3-1-2-4-13-7(6)10/h1-4,6-7,9H,5H2,(H,11,12). The molecule has 0 aromatic carbocycles. The topological polar surface area (TPSA) is 61.8 Å². The SMILES string of the molecule is O=C(O)C1CNN2C=CC=COC12. The van der Waals surface area contributed by atoms with Crippen LogP contribution < -0.4 is 5.43 Å². The molecule has 2 heterocycles. The summed E-state index contributed by atoms with van der Waals surface area (Å²) in [6.07, 6.45) is 6.34. The summed E-state index contributed by atoms with van der Waals surface area (Å²) < 4.78 is 5.24. The molecule has 1 saturated heterocycles. The van der Waals surface area contributed by atoms with Crippen molar-refractivity contribution in [2.45, 2.75) is 6.23 Å². The van der Waals surface area contributed by atoms with E-state index in [-0.39, 0.29) is 0 Å². The van der Waals surface area contributed by atoms with Gasteiger partial charge in [-0.05, 0) is 12.2 Å². The number of hydrazine groups is 1. The smallest absolute Gasteiger partial charge is 0.313 e. The highest BCUT2D eigenvalue weighted by molar-refractivity contribution is 5.71. The van der Waals surface area contributed by atoms with Gasteiger partial charge in [-0.1, -0.05) is 0 Å². The van der Waals surface area contributed by atoms with Crippen LogP contribution in [0.1, 0.15) is 0 Å². The van der Waals surface area contributed by atoms with Gasteiger partial charge in [0.25, 0.3) is 0 Å². The van der Waals surface area contributed by atoms with Crippen molar-refractivity contribution in [2.75, 3.05) is 6.54 Å². The van der Waals surface area contributed by atoms with E-state index in [1.165, 1.54) is 6.26 Å². The second kappa shape index (κ2) is 3.10. The molecule has 0 aromatic heterocycles. The number of rotatable bonds is 1. The van der Waals surface area contributed by atoms with Crippen LogP contribution in [0.25, 0.3) is 0 Å². The van der Waals surface area contributed by atoms with E-state index >= 15 is 0 Å². The molecule has 70 valence electrons. The lowest BCUT2D eigenvalue weighted by Crippen LogP contribution is -2.35. The molecule has 2 N–H and O–H groups in total. The quantitative estimate of drug-likeness (QED) is 0.592. The molecule has 13 heavy (non-hydrogen) atoms. The summed E-state index contributed by atoms with van der Waals surface area (Å²) in [5.74, 6) is -1.36. The number of carboxylic acid groups (broad SMARTS) is 1. The zero-order valence-electron chi connectivity index (χ0n) is 6.88. The molecule has 2 rings (SSSR count). The van der Waals surface area contributed by atoms with E-state index < -0.39 is 18.1 Å². The Balaban J connectivity index is 2.16. The molecule has 1 fully saturated rings. The van der Waals surface area contributed by atoms with Gasteiger partial charge in [0.15, 0.2) is 6.23 Å². The van der Waals surface area contributed by atoms with Crippen molar-refractivity contribution < 1.29 is 14.6 Å². The molecule has 2 unspecified atom stereocenters. The van der Waals surface area contributed by atoms with Gasteiger partial charge in [-0.15, -0.1) is 0 Å². The average Bonchev–Trinajstić information content (AvgIpc) is 2.36. The number of hydrogen-bond donors (Lipinski definition) is 2. The van der Waals surface area contributed by atoms with Crippen LogP contribution in [0, 0.1) is 5.92 Å². The summed E-state index contributed by atoms with van der Waals surface area (Å²) in [5, 5.41) is 10.5. The fourth-order valence-electron chi connectivity index (χ4n) is 1.41. The van der Waals surface area contributed by atoms with Gasteiger partial charge in [-0.25, -0.2) is 5.43 Å². The molecule has 0 aliphatic carbocycles. The van der Waals surface area contributed by atoms with Gasteiger partial charge in [-0.3, -0.25) is 9.80 Å². The van der Waals surface area contributed by atoms with Gasteiger partial charge in [0.2, 0.25) is 0 Å². The molecular formula is C8H10N2O3. The Morgan fingerprint density at radius 2 is 2.46 bits per heavy atom. The van der Waals surface area contributed by atoms with E-state index in [2.05, 4.69) is 5.43 Å². The summed E-state index contributed by atoms with van der Waals surface area (Å²) in [6, 6.07) is 0. The molecule has 0 amide bonds. The highest BCUT2D eigenvalue weighted by Gasteiger charge is 2.39.